The molecule has 1 unspecified atom stereocenters. The Labute approximate surface area is 229 Å². The Morgan fingerprint density at radius 3 is 2.49 bits per heavy atom. The molecule has 1 amide bonds. The average Bonchev–Trinajstić information content (AvgIpc) is 3.22. The van der Waals surface area contributed by atoms with Crippen molar-refractivity contribution in [2.45, 2.75) is 32.2 Å². The monoisotopic (exact) mass is 538 g/mol. The van der Waals surface area contributed by atoms with Crippen LogP contribution in [0.25, 0.3) is 5.76 Å². The number of ketones is 1. The fourth-order valence-electron chi connectivity index (χ4n) is 4.99. The van der Waals surface area contributed by atoms with E-state index in [-0.39, 0.29) is 11.3 Å². The van der Waals surface area contributed by atoms with E-state index in [2.05, 4.69) is 11.8 Å². The summed E-state index contributed by atoms with van der Waals surface area (Å²) in [7, 11) is 3.08. The van der Waals surface area contributed by atoms with Crippen LogP contribution in [0.2, 0.25) is 0 Å². The number of amides is 1. The van der Waals surface area contributed by atoms with Crippen LogP contribution in [0.1, 0.15) is 43.4 Å². The molecule has 210 valence electrons. The molecule has 39 heavy (non-hydrogen) atoms. The summed E-state index contributed by atoms with van der Waals surface area (Å²) in [5, 5.41) is 11.5. The maximum atomic E-state index is 13.4. The van der Waals surface area contributed by atoms with E-state index >= 15 is 0 Å². The van der Waals surface area contributed by atoms with E-state index in [0.717, 1.165) is 32.5 Å². The van der Waals surface area contributed by atoms with Gasteiger partial charge in [0, 0.05) is 31.7 Å². The molecule has 9 nitrogen and oxygen atoms in total. The van der Waals surface area contributed by atoms with Gasteiger partial charge in [-0.1, -0.05) is 31.5 Å². The van der Waals surface area contributed by atoms with Crippen molar-refractivity contribution < 1.29 is 33.6 Å². The summed E-state index contributed by atoms with van der Waals surface area (Å²) in [6.07, 6.45) is 2.59. The van der Waals surface area contributed by atoms with Gasteiger partial charge in [0.2, 0.25) is 0 Å². The lowest BCUT2D eigenvalue weighted by molar-refractivity contribution is -0.140. The van der Waals surface area contributed by atoms with Crippen LogP contribution in [0.15, 0.2) is 48.0 Å². The quantitative estimate of drug-likeness (QED) is 0.187. The molecule has 4 rings (SSSR count). The van der Waals surface area contributed by atoms with Gasteiger partial charge in [0.15, 0.2) is 11.5 Å². The molecule has 2 fully saturated rings. The molecule has 2 saturated heterocycles. The highest BCUT2D eigenvalue weighted by Crippen LogP contribution is 2.42. The fraction of sp³-hybridized carbons (Fsp3) is 0.467. The summed E-state index contributed by atoms with van der Waals surface area (Å²) >= 11 is 0. The Hall–Kier alpha value is -3.56. The van der Waals surface area contributed by atoms with Crippen LogP contribution in [0, 0.1) is 0 Å². The van der Waals surface area contributed by atoms with Gasteiger partial charge in [-0.05, 0) is 42.7 Å². The van der Waals surface area contributed by atoms with Crippen molar-refractivity contribution in [3.05, 3.63) is 59.2 Å². The Kier molecular flexibility index (Phi) is 9.84. The first-order valence-electron chi connectivity index (χ1n) is 13.5. The number of benzene rings is 2. The van der Waals surface area contributed by atoms with Crippen molar-refractivity contribution in [3.63, 3.8) is 0 Å². The zero-order chi connectivity index (χ0) is 27.8. The largest absolute Gasteiger partial charge is 0.507 e. The molecule has 1 N–H and O–H groups in total. The first-order chi connectivity index (χ1) is 19.0. The van der Waals surface area contributed by atoms with Crippen molar-refractivity contribution in [1.29, 1.82) is 0 Å². The van der Waals surface area contributed by atoms with E-state index in [1.165, 1.54) is 7.11 Å². The minimum Gasteiger partial charge on any atom is -0.507 e. The number of carbonyl (C=O) groups is 2. The van der Waals surface area contributed by atoms with Crippen LogP contribution in [-0.2, 0) is 14.3 Å². The number of hydrogen-bond donors (Lipinski definition) is 1. The Bertz CT molecular complexity index is 1190. The van der Waals surface area contributed by atoms with E-state index in [1.807, 2.05) is 6.07 Å². The Balaban J connectivity index is 1.70. The third-order valence-electron chi connectivity index (χ3n) is 7.11. The number of rotatable bonds is 12. The summed E-state index contributed by atoms with van der Waals surface area (Å²) in [4.78, 5) is 30.6. The highest BCUT2D eigenvalue weighted by atomic mass is 16.5. The SMILES string of the molecule is CCCCOc1cccc(C(O)=C2C(=O)C(=O)N(CCCN3CCOCC3)C2c2ccc(OC)c(OC)c2)c1. The van der Waals surface area contributed by atoms with Gasteiger partial charge in [0.25, 0.3) is 11.7 Å². The van der Waals surface area contributed by atoms with Gasteiger partial charge in [0.05, 0.1) is 45.7 Å². The van der Waals surface area contributed by atoms with Crippen molar-refractivity contribution in [2.75, 3.05) is 60.2 Å². The normalized spacial score (nSPS) is 19.4. The highest BCUT2D eigenvalue weighted by molar-refractivity contribution is 6.46. The maximum absolute atomic E-state index is 13.4. The van der Waals surface area contributed by atoms with Gasteiger partial charge in [-0.3, -0.25) is 14.5 Å². The molecule has 0 aromatic heterocycles. The van der Waals surface area contributed by atoms with Gasteiger partial charge in [-0.25, -0.2) is 0 Å². The van der Waals surface area contributed by atoms with Gasteiger partial charge < -0.3 is 29.0 Å². The number of morpholine rings is 1. The second-order valence-electron chi connectivity index (χ2n) is 9.64. The summed E-state index contributed by atoms with van der Waals surface area (Å²) in [6.45, 7) is 6.84. The molecule has 0 aliphatic carbocycles. The van der Waals surface area contributed by atoms with Gasteiger partial charge in [-0.2, -0.15) is 0 Å². The first-order valence-corrected chi connectivity index (χ1v) is 13.5. The molecular formula is C30H38N2O7. The van der Waals surface area contributed by atoms with E-state index in [0.29, 0.717) is 61.2 Å². The third kappa shape index (κ3) is 6.54. The molecule has 0 radical (unpaired) electrons. The Morgan fingerprint density at radius 1 is 1.00 bits per heavy atom. The van der Waals surface area contributed by atoms with E-state index in [9.17, 15) is 14.7 Å². The lowest BCUT2D eigenvalue weighted by Crippen LogP contribution is -2.38. The summed E-state index contributed by atoms with van der Waals surface area (Å²) in [6, 6.07) is 11.5. The second-order valence-corrected chi connectivity index (χ2v) is 9.64. The number of unbranched alkanes of at least 4 members (excludes halogenated alkanes) is 1. The summed E-state index contributed by atoms with van der Waals surface area (Å²) in [5.74, 6) is 0.0203. The molecule has 2 aliphatic heterocycles. The third-order valence-corrected chi connectivity index (χ3v) is 7.11. The maximum Gasteiger partial charge on any atom is 0.295 e. The zero-order valence-electron chi connectivity index (χ0n) is 23.0. The lowest BCUT2D eigenvalue weighted by atomic mass is 9.95. The number of ether oxygens (including phenoxy) is 4. The average molecular weight is 539 g/mol. The molecule has 2 aliphatic rings. The number of aliphatic hydroxyl groups is 1. The highest BCUT2D eigenvalue weighted by Gasteiger charge is 2.46. The predicted molar refractivity (Wildman–Crippen MR) is 147 cm³/mol. The van der Waals surface area contributed by atoms with Crippen LogP contribution in [0.4, 0.5) is 0 Å². The minimum atomic E-state index is -0.779. The molecule has 0 bridgehead atoms. The van der Waals surface area contributed by atoms with Gasteiger partial charge >= 0.3 is 0 Å². The number of hydrogen-bond acceptors (Lipinski definition) is 8. The number of aliphatic hydroxyl groups excluding tert-OH is 1. The van der Waals surface area contributed by atoms with Gasteiger partial charge in [0.1, 0.15) is 11.5 Å². The molecular weight excluding hydrogens is 500 g/mol. The van der Waals surface area contributed by atoms with Crippen molar-refractivity contribution >= 4 is 17.4 Å². The molecule has 2 heterocycles. The smallest absolute Gasteiger partial charge is 0.295 e. The van der Waals surface area contributed by atoms with Crippen molar-refractivity contribution in [1.82, 2.24) is 9.80 Å². The van der Waals surface area contributed by atoms with Crippen LogP contribution >= 0.6 is 0 Å². The first kappa shape index (κ1) is 28.4. The van der Waals surface area contributed by atoms with Crippen LogP contribution in [-0.4, -0.2) is 86.8 Å². The number of likely N-dealkylation sites (tertiary alicyclic amines) is 1. The zero-order valence-corrected chi connectivity index (χ0v) is 23.0. The van der Waals surface area contributed by atoms with E-state index in [4.69, 9.17) is 18.9 Å². The molecule has 1 atom stereocenters. The second kappa shape index (κ2) is 13.5. The number of carbonyl (C=O) groups excluding carboxylic acids is 2. The molecule has 0 spiro atoms. The minimum absolute atomic E-state index is 0.0456. The molecule has 0 saturated carbocycles. The molecule has 2 aromatic carbocycles. The standard InChI is InChI=1S/C30H38N2O7/c1-4-5-16-39-23-9-6-8-22(19-23)28(33)26-27(21-10-11-24(36-2)25(20-21)37-3)32(30(35)29(26)34)13-7-12-31-14-17-38-18-15-31/h6,8-11,19-20,27,33H,4-5,7,12-18H2,1-3H3. The van der Waals surface area contributed by atoms with Gasteiger partial charge in [-0.15, -0.1) is 0 Å². The molecule has 9 heteroatoms. The lowest BCUT2D eigenvalue weighted by Gasteiger charge is -2.29. The van der Waals surface area contributed by atoms with E-state index in [1.54, 1.807) is 48.4 Å². The predicted octanol–water partition coefficient (Wildman–Crippen LogP) is 4.03. The number of methoxy groups -OCH3 is 2. The van der Waals surface area contributed by atoms with Crippen LogP contribution in [0.5, 0.6) is 17.2 Å². The van der Waals surface area contributed by atoms with E-state index < -0.39 is 17.7 Å². The Morgan fingerprint density at radius 2 is 1.77 bits per heavy atom. The molecule has 2 aromatic rings. The fourth-order valence-corrected chi connectivity index (χ4v) is 4.99. The van der Waals surface area contributed by atoms with Crippen molar-refractivity contribution in [3.8, 4) is 17.2 Å². The van der Waals surface area contributed by atoms with Crippen LogP contribution < -0.4 is 14.2 Å². The number of nitrogens with zero attached hydrogens (tertiary/aromatic N) is 2. The van der Waals surface area contributed by atoms with Crippen molar-refractivity contribution in [2.24, 2.45) is 0 Å². The summed E-state index contributed by atoms with van der Waals surface area (Å²) < 4.78 is 22.1. The van der Waals surface area contributed by atoms with Crippen LogP contribution in [0.3, 0.4) is 0 Å². The topological polar surface area (TPSA) is 97.8 Å². The summed E-state index contributed by atoms with van der Waals surface area (Å²) in [5.41, 5.74) is 1.11. The number of Topliss-reactive ketones (excluding diaryl/α,β-unsaturated/α-hetero) is 1.